The van der Waals surface area contributed by atoms with Crippen molar-refractivity contribution >= 4 is 23.2 Å². The minimum Gasteiger partial charge on any atom is -0.378 e. The van der Waals surface area contributed by atoms with E-state index in [-0.39, 0.29) is 0 Å². The molecule has 0 spiro atoms. The van der Waals surface area contributed by atoms with Gasteiger partial charge in [-0.2, -0.15) is 0 Å². The Hall–Kier alpha value is -1.11. The highest BCUT2D eigenvalue weighted by molar-refractivity contribution is 6.31. The topological polar surface area (TPSA) is 50.7 Å². The lowest BCUT2D eigenvalue weighted by Gasteiger charge is -2.31. The lowest BCUT2D eigenvalue weighted by atomic mass is 10.4. The van der Waals surface area contributed by atoms with E-state index in [9.17, 15) is 0 Å². The van der Waals surface area contributed by atoms with Crippen LogP contribution in [0, 0.1) is 0 Å². The zero-order chi connectivity index (χ0) is 13.1. The third-order valence-electron chi connectivity index (χ3n) is 3.34. The van der Waals surface area contributed by atoms with Crippen molar-refractivity contribution in [2.45, 2.75) is 0 Å². The molecule has 0 N–H and O–H groups in total. The molecule has 104 valence electrons. The summed E-state index contributed by atoms with van der Waals surface area (Å²) in [7, 11) is 0. The van der Waals surface area contributed by atoms with Crippen LogP contribution in [-0.4, -0.2) is 62.6 Å². The van der Waals surface area contributed by atoms with E-state index in [1.807, 2.05) is 0 Å². The molecule has 0 aliphatic carbocycles. The molecule has 6 nitrogen and oxygen atoms in total. The second-order valence-corrected chi connectivity index (χ2v) is 4.90. The molecule has 2 fully saturated rings. The molecule has 2 saturated heterocycles. The van der Waals surface area contributed by atoms with Crippen molar-refractivity contribution in [3.05, 3.63) is 11.3 Å². The van der Waals surface area contributed by atoms with Crippen LogP contribution in [0.25, 0.3) is 0 Å². The Balaban J connectivity index is 1.82. The largest absolute Gasteiger partial charge is 0.378 e. The summed E-state index contributed by atoms with van der Waals surface area (Å²) >= 11 is 6.17. The van der Waals surface area contributed by atoms with Crippen LogP contribution in [0.5, 0.6) is 0 Å². The molecule has 3 heterocycles. The Morgan fingerprint density at radius 3 is 2.16 bits per heavy atom. The Morgan fingerprint density at radius 2 is 1.53 bits per heavy atom. The Labute approximate surface area is 117 Å². The third kappa shape index (κ3) is 2.91. The van der Waals surface area contributed by atoms with Crippen molar-refractivity contribution in [2.24, 2.45) is 0 Å². The van der Waals surface area contributed by atoms with Gasteiger partial charge in [-0.05, 0) is 0 Å². The summed E-state index contributed by atoms with van der Waals surface area (Å²) in [5, 5.41) is 0.457. The van der Waals surface area contributed by atoms with Gasteiger partial charge in [0.1, 0.15) is 5.82 Å². The summed E-state index contributed by atoms with van der Waals surface area (Å²) in [5.74, 6) is 1.63. The quantitative estimate of drug-likeness (QED) is 0.801. The van der Waals surface area contributed by atoms with Gasteiger partial charge in [0.15, 0.2) is 11.0 Å². The standard InChI is InChI=1S/C12H17ClN4O2/c13-11-12(17-3-7-19-8-4-17)15-10(9-14-11)16-1-5-18-6-2-16/h9H,1-8H2. The molecule has 1 aromatic heterocycles. The zero-order valence-corrected chi connectivity index (χ0v) is 11.5. The molecule has 0 saturated carbocycles. The van der Waals surface area contributed by atoms with E-state index >= 15 is 0 Å². The summed E-state index contributed by atoms with van der Waals surface area (Å²) in [6.45, 7) is 6.19. The number of aromatic nitrogens is 2. The van der Waals surface area contributed by atoms with E-state index in [0.717, 1.165) is 51.0 Å². The Kier molecular flexibility index (Phi) is 4.00. The molecule has 0 amide bonds. The van der Waals surface area contributed by atoms with E-state index < -0.39 is 0 Å². The van der Waals surface area contributed by atoms with Crippen LogP contribution in [0.4, 0.5) is 11.6 Å². The van der Waals surface area contributed by atoms with Crippen LogP contribution in [-0.2, 0) is 9.47 Å². The SMILES string of the molecule is Clc1ncc(N2CCOCC2)nc1N1CCOCC1. The highest BCUT2D eigenvalue weighted by Gasteiger charge is 2.19. The van der Waals surface area contributed by atoms with Crippen LogP contribution in [0.1, 0.15) is 0 Å². The van der Waals surface area contributed by atoms with E-state index in [4.69, 9.17) is 21.1 Å². The number of morpholine rings is 2. The minimum absolute atomic E-state index is 0.457. The number of hydrogen-bond acceptors (Lipinski definition) is 6. The molecule has 0 atom stereocenters. The molecule has 2 aliphatic rings. The molecule has 7 heteroatoms. The van der Waals surface area contributed by atoms with Gasteiger partial charge in [0.2, 0.25) is 0 Å². The maximum Gasteiger partial charge on any atom is 0.171 e. The first-order valence-electron chi connectivity index (χ1n) is 6.52. The summed E-state index contributed by atoms with van der Waals surface area (Å²) in [6.07, 6.45) is 1.73. The number of halogens is 1. The van der Waals surface area contributed by atoms with Gasteiger partial charge in [-0.1, -0.05) is 11.6 Å². The van der Waals surface area contributed by atoms with E-state index in [2.05, 4.69) is 19.8 Å². The summed E-state index contributed by atoms with van der Waals surface area (Å²) < 4.78 is 10.7. The predicted molar refractivity (Wildman–Crippen MR) is 73.1 cm³/mol. The molecule has 3 rings (SSSR count). The fourth-order valence-corrected chi connectivity index (χ4v) is 2.49. The van der Waals surface area contributed by atoms with Gasteiger partial charge in [-0.15, -0.1) is 0 Å². The third-order valence-corrected chi connectivity index (χ3v) is 3.61. The first kappa shape index (κ1) is 12.9. The van der Waals surface area contributed by atoms with E-state index in [1.165, 1.54) is 0 Å². The van der Waals surface area contributed by atoms with Crippen LogP contribution in [0.3, 0.4) is 0 Å². The molecule has 2 aliphatic heterocycles. The fourth-order valence-electron chi connectivity index (χ4n) is 2.28. The molecule has 0 radical (unpaired) electrons. The normalized spacial score (nSPS) is 20.7. The highest BCUT2D eigenvalue weighted by Crippen LogP contribution is 2.25. The predicted octanol–water partition coefficient (Wildman–Crippen LogP) is 0.803. The van der Waals surface area contributed by atoms with E-state index in [1.54, 1.807) is 6.20 Å². The zero-order valence-electron chi connectivity index (χ0n) is 10.7. The lowest BCUT2D eigenvalue weighted by Crippen LogP contribution is -2.39. The first-order valence-corrected chi connectivity index (χ1v) is 6.90. The van der Waals surface area contributed by atoms with Crippen LogP contribution < -0.4 is 9.80 Å². The van der Waals surface area contributed by atoms with Crippen LogP contribution >= 0.6 is 11.6 Å². The smallest absolute Gasteiger partial charge is 0.171 e. The molecule has 0 unspecified atom stereocenters. The Morgan fingerprint density at radius 1 is 0.947 bits per heavy atom. The van der Waals surface area contributed by atoms with Crippen LogP contribution in [0.15, 0.2) is 6.20 Å². The molecular weight excluding hydrogens is 268 g/mol. The summed E-state index contributed by atoms with van der Waals surface area (Å²) in [6, 6.07) is 0. The van der Waals surface area contributed by atoms with Gasteiger partial charge < -0.3 is 19.3 Å². The van der Waals surface area contributed by atoms with Crippen molar-refractivity contribution < 1.29 is 9.47 Å². The second kappa shape index (κ2) is 5.90. The van der Waals surface area contributed by atoms with Gasteiger partial charge in [0.05, 0.1) is 32.6 Å². The minimum atomic E-state index is 0.457. The number of hydrogen-bond donors (Lipinski definition) is 0. The lowest BCUT2D eigenvalue weighted by molar-refractivity contribution is 0.121. The van der Waals surface area contributed by atoms with Crippen LogP contribution in [0.2, 0.25) is 5.15 Å². The van der Waals surface area contributed by atoms with Gasteiger partial charge in [0.25, 0.3) is 0 Å². The molecule has 1 aromatic rings. The maximum atomic E-state index is 6.17. The van der Waals surface area contributed by atoms with Crippen molar-refractivity contribution in [1.82, 2.24) is 9.97 Å². The van der Waals surface area contributed by atoms with Crippen molar-refractivity contribution in [3.8, 4) is 0 Å². The molecule has 0 bridgehead atoms. The average Bonchev–Trinajstić information content (AvgIpc) is 2.49. The van der Waals surface area contributed by atoms with Crippen molar-refractivity contribution in [2.75, 3.05) is 62.4 Å². The number of nitrogens with zero attached hydrogens (tertiary/aromatic N) is 4. The van der Waals surface area contributed by atoms with Gasteiger partial charge in [0, 0.05) is 26.2 Å². The number of ether oxygens (including phenoxy) is 2. The molecule has 0 aromatic carbocycles. The highest BCUT2D eigenvalue weighted by atomic mass is 35.5. The van der Waals surface area contributed by atoms with Crippen molar-refractivity contribution in [1.29, 1.82) is 0 Å². The summed E-state index contributed by atoms with van der Waals surface area (Å²) in [4.78, 5) is 13.2. The Bertz CT molecular complexity index is 434. The molecular formula is C12H17ClN4O2. The van der Waals surface area contributed by atoms with Crippen molar-refractivity contribution in [3.63, 3.8) is 0 Å². The van der Waals surface area contributed by atoms with E-state index in [0.29, 0.717) is 18.4 Å². The molecule has 19 heavy (non-hydrogen) atoms. The number of rotatable bonds is 2. The van der Waals surface area contributed by atoms with Gasteiger partial charge >= 0.3 is 0 Å². The average molecular weight is 285 g/mol. The number of anilines is 2. The first-order chi connectivity index (χ1) is 9.34. The van der Waals surface area contributed by atoms with Gasteiger partial charge in [-0.25, -0.2) is 9.97 Å². The maximum absolute atomic E-state index is 6.17. The summed E-state index contributed by atoms with van der Waals surface area (Å²) in [5.41, 5.74) is 0. The second-order valence-electron chi connectivity index (χ2n) is 4.54. The van der Waals surface area contributed by atoms with Gasteiger partial charge in [-0.3, -0.25) is 0 Å². The fraction of sp³-hybridized carbons (Fsp3) is 0.667. The monoisotopic (exact) mass is 284 g/mol.